The molecule has 0 saturated carbocycles. The molecule has 1 unspecified atom stereocenters. The first kappa shape index (κ1) is 26.2. The summed E-state index contributed by atoms with van der Waals surface area (Å²) >= 11 is 0. The number of guanidine groups is 1. The van der Waals surface area contributed by atoms with Gasteiger partial charge in [0, 0.05) is 51.4 Å². The van der Waals surface area contributed by atoms with Crippen molar-refractivity contribution in [2.24, 2.45) is 4.99 Å². The minimum absolute atomic E-state index is 0. The smallest absolute Gasteiger partial charge is 0.191 e. The number of aryl methyl sites for hydroxylation is 1. The molecule has 8 heteroatoms. The van der Waals surface area contributed by atoms with E-state index in [9.17, 15) is 0 Å². The van der Waals surface area contributed by atoms with Crippen LogP contribution >= 0.6 is 24.0 Å². The number of benzene rings is 1. The number of hydrogen-bond acceptors (Lipinski definition) is 5. The topological polar surface area (TPSA) is 71.0 Å². The minimum atomic E-state index is 0. The van der Waals surface area contributed by atoms with Gasteiger partial charge >= 0.3 is 0 Å². The number of halogens is 1. The molecule has 1 aliphatic rings. The van der Waals surface area contributed by atoms with Crippen molar-refractivity contribution in [1.29, 1.82) is 0 Å². The summed E-state index contributed by atoms with van der Waals surface area (Å²) < 4.78 is 11.6. The molecular weight excluding hydrogens is 517 g/mol. The van der Waals surface area contributed by atoms with Gasteiger partial charge in [-0.15, -0.1) is 24.0 Å². The molecule has 0 amide bonds. The van der Waals surface area contributed by atoms with Crippen molar-refractivity contribution in [3.8, 4) is 5.75 Å². The maximum atomic E-state index is 6.19. The average Bonchev–Trinajstić information content (AvgIpc) is 3.30. The van der Waals surface area contributed by atoms with Crippen LogP contribution in [0.3, 0.4) is 0 Å². The number of aliphatic imine (C=N–C) groups is 1. The molecule has 2 heterocycles. The molecule has 1 aromatic carbocycles. The van der Waals surface area contributed by atoms with Crippen LogP contribution in [0, 0.1) is 6.92 Å². The summed E-state index contributed by atoms with van der Waals surface area (Å²) in [5, 5.41) is 6.75. The first-order valence-electron chi connectivity index (χ1n) is 11.1. The summed E-state index contributed by atoms with van der Waals surface area (Å²) in [6.45, 7) is 11.0. The van der Waals surface area contributed by atoms with Gasteiger partial charge in [0.1, 0.15) is 17.7 Å². The molecule has 176 valence electrons. The zero-order valence-corrected chi connectivity index (χ0v) is 21.9. The van der Waals surface area contributed by atoms with E-state index < -0.39 is 0 Å². The number of pyridine rings is 1. The Kier molecular flexibility index (Phi) is 11.0. The van der Waals surface area contributed by atoms with E-state index in [1.165, 1.54) is 5.56 Å². The number of ether oxygens (including phenoxy) is 2. The van der Waals surface area contributed by atoms with Crippen molar-refractivity contribution < 1.29 is 9.47 Å². The summed E-state index contributed by atoms with van der Waals surface area (Å²) in [7, 11) is 1.78. The van der Waals surface area contributed by atoms with E-state index in [-0.39, 0.29) is 30.1 Å². The summed E-state index contributed by atoms with van der Waals surface area (Å²) in [5.74, 6) is 2.66. The summed E-state index contributed by atoms with van der Waals surface area (Å²) in [6.07, 6.45) is 2.99. The SMILES string of the molecule is CCN(CC)c1ccc(CNC(=NC)NCc2ccc(C)cc2OC2CCOC2)cn1.I. The van der Waals surface area contributed by atoms with Gasteiger partial charge in [0.25, 0.3) is 0 Å². The summed E-state index contributed by atoms with van der Waals surface area (Å²) in [6, 6.07) is 10.5. The van der Waals surface area contributed by atoms with Gasteiger partial charge in [-0.3, -0.25) is 4.99 Å². The number of nitrogens with zero attached hydrogens (tertiary/aromatic N) is 3. The molecule has 0 aliphatic carbocycles. The largest absolute Gasteiger partial charge is 0.488 e. The molecule has 0 bridgehead atoms. The van der Waals surface area contributed by atoms with E-state index in [1.807, 2.05) is 6.20 Å². The minimum Gasteiger partial charge on any atom is -0.488 e. The highest BCUT2D eigenvalue weighted by atomic mass is 127. The van der Waals surface area contributed by atoms with Gasteiger partial charge in [0.05, 0.1) is 13.2 Å². The van der Waals surface area contributed by atoms with Gasteiger partial charge in [0.2, 0.25) is 0 Å². The Morgan fingerprint density at radius 3 is 2.59 bits per heavy atom. The lowest BCUT2D eigenvalue weighted by Crippen LogP contribution is -2.36. The molecule has 32 heavy (non-hydrogen) atoms. The van der Waals surface area contributed by atoms with Crippen LogP contribution in [-0.4, -0.2) is 50.4 Å². The maximum absolute atomic E-state index is 6.19. The Bertz CT molecular complexity index is 850. The second-order valence-corrected chi connectivity index (χ2v) is 7.69. The Morgan fingerprint density at radius 1 is 1.19 bits per heavy atom. The normalized spacial score (nSPS) is 15.8. The Balaban J connectivity index is 0.00000363. The third kappa shape index (κ3) is 7.51. The molecule has 0 radical (unpaired) electrons. The number of hydrogen-bond donors (Lipinski definition) is 2. The van der Waals surface area contributed by atoms with E-state index in [0.717, 1.165) is 54.8 Å². The van der Waals surface area contributed by atoms with Crippen molar-refractivity contribution in [3.05, 3.63) is 53.2 Å². The molecule has 7 nitrogen and oxygen atoms in total. The second-order valence-electron chi connectivity index (χ2n) is 7.69. The van der Waals surface area contributed by atoms with Crippen LogP contribution in [0.5, 0.6) is 5.75 Å². The fourth-order valence-corrected chi connectivity index (χ4v) is 3.54. The fourth-order valence-electron chi connectivity index (χ4n) is 3.54. The van der Waals surface area contributed by atoms with Crippen LogP contribution < -0.4 is 20.3 Å². The number of aromatic nitrogens is 1. The van der Waals surface area contributed by atoms with Gasteiger partial charge in [0.15, 0.2) is 5.96 Å². The lowest BCUT2D eigenvalue weighted by Gasteiger charge is -2.20. The molecule has 1 atom stereocenters. The van der Waals surface area contributed by atoms with Crippen LogP contribution in [0.25, 0.3) is 0 Å². The zero-order valence-electron chi connectivity index (χ0n) is 19.6. The molecule has 1 aromatic heterocycles. The van der Waals surface area contributed by atoms with E-state index in [4.69, 9.17) is 9.47 Å². The summed E-state index contributed by atoms with van der Waals surface area (Å²) in [5.41, 5.74) is 3.39. The quantitative estimate of drug-likeness (QED) is 0.279. The highest BCUT2D eigenvalue weighted by molar-refractivity contribution is 14.0. The lowest BCUT2D eigenvalue weighted by molar-refractivity contribution is 0.140. The highest BCUT2D eigenvalue weighted by Gasteiger charge is 2.18. The Morgan fingerprint density at radius 2 is 1.97 bits per heavy atom. The maximum Gasteiger partial charge on any atom is 0.191 e. The van der Waals surface area contributed by atoms with E-state index in [2.05, 4.69) is 76.6 Å². The molecule has 3 rings (SSSR count). The monoisotopic (exact) mass is 553 g/mol. The third-order valence-corrected chi connectivity index (χ3v) is 5.43. The lowest BCUT2D eigenvalue weighted by atomic mass is 10.1. The van der Waals surface area contributed by atoms with E-state index in [1.54, 1.807) is 7.05 Å². The van der Waals surface area contributed by atoms with Crippen LogP contribution in [0.2, 0.25) is 0 Å². The number of anilines is 1. The van der Waals surface area contributed by atoms with Gasteiger partial charge in [-0.1, -0.05) is 18.2 Å². The Labute approximate surface area is 209 Å². The standard InChI is InChI=1S/C24H35N5O2.HI/c1-5-29(6-2)23-10-8-19(14-26-23)15-27-24(25-4)28-16-20-9-7-18(3)13-22(20)31-21-11-12-30-17-21;/h7-10,13-14,21H,5-6,11-12,15-17H2,1-4H3,(H2,25,27,28);1H. The highest BCUT2D eigenvalue weighted by Crippen LogP contribution is 2.23. The summed E-state index contributed by atoms with van der Waals surface area (Å²) in [4.78, 5) is 11.2. The molecule has 1 saturated heterocycles. The van der Waals surface area contributed by atoms with E-state index >= 15 is 0 Å². The number of nitrogens with one attached hydrogen (secondary N) is 2. The van der Waals surface area contributed by atoms with Crippen molar-refractivity contribution >= 4 is 35.8 Å². The molecule has 2 aromatic rings. The predicted octanol–water partition coefficient (Wildman–Crippen LogP) is 3.89. The van der Waals surface area contributed by atoms with Crippen LogP contribution in [0.15, 0.2) is 41.5 Å². The van der Waals surface area contributed by atoms with Crippen LogP contribution in [0.1, 0.15) is 37.0 Å². The fraction of sp³-hybridized carbons (Fsp3) is 0.500. The molecule has 1 fully saturated rings. The molecule has 1 aliphatic heterocycles. The van der Waals surface area contributed by atoms with Crippen molar-refractivity contribution in [3.63, 3.8) is 0 Å². The predicted molar refractivity (Wildman–Crippen MR) is 141 cm³/mol. The van der Waals surface area contributed by atoms with Crippen molar-refractivity contribution in [1.82, 2.24) is 15.6 Å². The zero-order chi connectivity index (χ0) is 22.1. The number of rotatable bonds is 9. The van der Waals surface area contributed by atoms with Gasteiger partial charge in [-0.05, 0) is 44.0 Å². The second kappa shape index (κ2) is 13.5. The third-order valence-electron chi connectivity index (χ3n) is 5.43. The van der Waals surface area contributed by atoms with Crippen LogP contribution in [0.4, 0.5) is 5.82 Å². The Hall–Kier alpha value is -2.07. The molecular formula is C24H36IN5O2. The van der Waals surface area contributed by atoms with Crippen LogP contribution in [-0.2, 0) is 17.8 Å². The molecule has 0 spiro atoms. The first-order chi connectivity index (χ1) is 15.1. The van der Waals surface area contributed by atoms with Gasteiger partial charge in [-0.2, -0.15) is 0 Å². The first-order valence-corrected chi connectivity index (χ1v) is 11.1. The van der Waals surface area contributed by atoms with Gasteiger partial charge < -0.3 is 25.0 Å². The van der Waals surface area contributed by atoms with E-state index in [0.29, 0.717) is 19.7 Å². The average molecular weight is 553 g/mol. The van der Waals surface area contributed by atoms with Crippen molar-refractivity contribution in [2.45, 2.75) is 46.4 Å². The molecule has 2 N–H and O–H groups in total. The van der Waals surface area contributed by atoms with Crippen molar-refractivity contribution in [2.75, 3.05) is 38.3 Å². The van der Waals surface area contributed by atoms with Gasteiger partial charge in [-0.25, -0.2) is 4.98 Å².